The van der Waals surface area contributed by atoms with Gasteiger partial charge in [0.1, 0.15) is 5.82 Å². The number of hydrogen-bond acceptors (Lipinski definition) is 4. The fourth-order valence-corrected chi connectivity index (χ4v) is 3.30. The number of benzene rings is 1. The minimum atomic E-state index is -0.399. The third-order valence-corrected chi connectivity index (χ3v) is 4.51. The second-order valence-corrected chi connectivity index (χ2v) is 6.09. The Labute approximate surface area is 126 Å². The van der Waals surface area contributed by atoms with E-state index in [4.69, 9.17) is 0 Å². The Kier molecular flexibility index (Phi) is 4.07. The minimum absolute atomic E-state index is 0.282. The Balaban J connectivity index is 1.78. The molecule has 1 aromatic rings. The van der Waals surface area contributed by atoms with Crippen LogP contribution in [0.3, 0.4) is 0 Å². The fraction of sp³-hybridized carbons (Fsp3) is 0.333. The standard InChI is InChI=1S/C15H15FN2O2S/c16-12-6-2-1-5-11(12)9-13-14(19)18(15(20)21-13)10-17-7-3-4-8-17/h1-2,5-6,9H,3-4,7-8,10H2. The lowest BCUT2D eigenvalue weighted by atomic mass is 10.2. The number of thioether (sulfide) groups is 1. The van der Waals surface area contributed by atoms with E-state index in [0.29, 0.717) is 12.2 Å². The van der Waals surface area contributed by atoms with Crippen LogP contribution in [0.4, 0.5) is 9.18 Å². The van der Waals surface area contributed by atoms with Gasteiger partial charge in [0.2, 0.25) is 0 Å². The zero-order valence-electron chi connectivity index (χ0n) is 11.4. The highest BCUT2D eigenvalue weighted by atomic mass is 32.2. The molecular weight excluding hydrogens is 291 g/mol. The summed E-state index contributed by atoms with van der Waals surface area (Å²) in [5, 5.41) is -0.283. The molecule has 0 N–H and O–H groups in total. The Hall–Kier alpha value is -1.66. The van der Waals surface area contributed by atoms with Gasteiger partial charge in [-0.1, -0.05) is 18.2 Å². The van der Waals surface area contributed by atoms with Crippen molar-refractivity contribution >= 4 is 29.0 Å². The molecule has 0 spiro atoms. The molecule has 110 valence electrons. The fourth-order valence-electron chi connectivity index (χ4n) is 2.48. The van der Waals surface area contributed by atoms with Gasteiger partial charge in [-0.05, 0) is 49.8 Å². The lowest BCUT2D eigenvalue weighted by molar-refractivity contribution is -0.124. The highest BCUT2D eigenvalue weighted by Gasteiger charge is 2.36. The van der Waals surface area contributed by atoms with Crippen molar-refractivity contribution in [3.8, 4) is 0 Å². The van der Waals surface area contributed by atoms with E-state index in [-0.39, 0.29) is 16.1 Å². The number of carbonyl (C=O) groups excluding carboxylic acids is 2. The number of imide groups is 1. The summed E-state index contributed by atoms with van der Waals surface area (Å²) in [5.41, 5.74) is 0.323. The lowest BCUT2D eigenvalue weighted by Crippen LogP contribution is -2.38. The first kappa shape index (κ1) is 14.3. The predicted octanol–water partition coefficient (Wildman–Crippen LogP) is 2.92. The van der Waals surface area contributed by atoms with Gasteiger partial charge in [-0.15, -0.1) is 0 Å². The van der Waals surface area contributed by atoms with Crippen molar-refractivity contribution in [3.05, 3.63) is 40.6 Å². The summed E-state index contributed by atoms with van der Waals surface area (Å²) in [6, 6.07) is 6.21. The Morgan fingerprint density at radius 1 is 1.19 bits per heavy atom. The van der Waals surface area contributed by atoms with Gasteiger partial charge in [-0.25, -0.2) is 4.39 Å². The number of hydrogen-bond donors (Lipinski definition) is 0. The van der Waals surface area contributed by atoms with E-state index < -0.39 is 5.82 Å². The molecule has 2 aliphatic rings. The maximum Gasteiger partial charge on any atom is 0.294 e. The Bertz CT molecular complexity index is 611. The molecule has 2 aliphatic heterocycles. The van der Waals surface area contributed by atoms with Gasteiger partial charge in [0.15, 0.2) is 0 Å². The summed E-state index contributed by atoms with van der Waals surface area (Å²) in [5.74, 6) is -0.732. The summed E-state index contributed by atoms with van der Waals surface area (Å²) in [7, 11) is 0. The van der Waals surface area contributed by atoms with Crippen molar-refractivity contribution in [3.63, 3.8) is 0 Å². The van der Waals surface area contributed by atoms with Gasteiger partial charge in [-0.2, -0.15) is 0 Å². The highest BCUT2D eigenvalue weighted by molar-refractivity contribution is 8.18. The Morgan fingerprint density at radius 3 is 2.62 bits per heavy atom. The molecule has 0 unspecified atom stereocenters. The zero-order chi connectivity index (χ0) is 14.8. The highest BCUT2D eigenvalue weighted by Crippen LogP contribution is 2.32. The number of amides is 2. The summed E-state index contributed by atoms with van der Waals surface area (Å²) < 4.78 is 13.6. The van der Waals surface area contributed by atoms with Gasteiger partial charge in [0, 0.05) is 5.56 Å². The van der Waals surface area contributed by atoms with E-state index >= 15 is 0 Å². The molecule has 2 heterocycles. The van der Waals surface area contributed by atoms with Crippen molar-refractivity contribution in [1.82, 2.24) is 9.80 Å². The van der Waals surface area contributed by atoms with Crippen molar-refractivity contribution in [2.45, 2.75) is 12.8 Å². The maximum absolute atomic E-state index is 13.6. The first-order valence-electron chi connectivity index (χ1n) is 6.87. The van der Waals surface area contributed by atoms with E-state index in [9.17, 15) is 14.0 Å². The average Bonchev–Trinajstić information content (AvgIpc) is 3.06. The number of likely N-dealkylation sites (tertiary alicyclic amines) is 1. The van der Waals surface area contributed by atoms with Crippen LogP contribution in [0.5, 0.6) is 0 Å². The molecule has 1 aromatic carbocycles. The van der Waals surface area contributed by atoms with Crippen LogP contribution in [0.15, 0.2) is 29.2 Å². The summed E-state index contributed by atoms with van der Waals surface area (Å²) in [6.45, 7) is 2.15. The van der Waals surface area contributed by atoms with E-state index in [1.165, 1.54) is 17.0 Å². The molecule has 4 nitrogen and oxygen atoms in total. The van der Waals surface area contributed by atoms with E-state index in [1.54, 1.807) is 18.2 Å². The first-order chi connectivity index (χ1) is 10.1. The van der Waals surface area contributed by atoms with Gasteiger partial charge in [-0.3, -0.25) is 19.4 Å². The van der Waals surface area contributed by atoms with Crippen molar-refractivity contribution in [2.24, 2.45) is 0 Å². The van der Waals surface area contributed by atoms with Crippen LogP contribution in [0.2, 0.25) is 0 Å². The SMILES string of the molecule is O=C1SC(=Cc2ccccc2F)C(=O)N1CN1CCCC1. The second kappa shape index (κ2) is 5.99. The third-order valence-electron chi connectivity index (χ3n) is 3.61. The third kappa shape index (κ3) is 3.01. The molecule has 0 aliphatic carbocycles. The van der Waals surface area contributed by atoms with Crippen molar-refractivity contribution in [1.29, 1.82) is 0 Å². The lowest BCUT2D eigenvalue weighted by Gasteiger charge is -2.20. The van der Waals surface area contributed by atoms with Gasteiger partial charge < -0.3 is 0 Å². The van der Waals surface area contributed by atoms with E-state index in [0.717, 1.165) is 37.7 Å². The smallest absolute Gasteiger partial charge is 0.286 e. The van der Waals surface area contributed by atoms with Crippen LogP contribution in [0.1, 0.15) is 18.4 Å². The number of nitrogens with zero attached hydrogens (tertiary/aromatic N) is 2. The zero-order valence-corrected chi connectivity index (χ0v) is 12.2. The number of halogens is 1. The van der Waals surface area contributed by atoms with Gasteiger partial charge >= 0.3 is 0 Å². The van der Waals surface area contributed by atoms with Crippen LogP contribution < -0.4 is 0 Å². The van der Waals surface area contributed by atoms with Gasteiger partial charge in [0.05, 0.1) is 11.6 Å². The first-order valence-corrected chi connectivity index (χ1v) is 7.69. The molecule has 6 heteroatoms. The summed E-state index contributed by atoms with van der Waals surface area (Å²) in [4.78, 5) is 27.9. The summed E-state index contributed by atoms with van der Waals surface area (Å²) in [6.07, 6.45) is 3.65. The van der Waals surface area contributed by atoms with E-state index in [1.807, 2.05) is 0 Å². The average molecular weight is 306 g/mol. The minimum Gasteiger partial charge on any atom is -0.286 e. The van der Waals surface area contributed by atoms with Crippen molar-refractivity contribution in [2.75, 3.05) is 19.8 Å². The molecule has 0 saturated carbocycles. The number of rotatable bonds is 3. The van der Waals surface area contributed by atoms with Crippen molar-refractivity contribution < 1.29 is 14.0 Å². The molecule has 3 rings (SSSR count). The molecule has 2 fully saturated rings. The quantitative estimate of drug-likeness (QED) is 0.805. The molecule has 2 amide bonds. The number of carbonyl (C=O) groups is 2. The van der Waals surface area contributed by atoms with Crippen LogP contribution in [-0.2, 0) is 4.79 Å². The van der Waals surface area contributed by atoms with Crippen LogP contribution >= 0.6 is 11.8 Å². The molecule has 0 atom stereocenters. The predicted molar refractivity (Wildman–Crippen MR) is 79.9 cm³/mol. The second-order valence-electron chi connectivity index (χ2n) is 5.10. The van der Waals surface area contributed by atoms with Crippen LogP contribution in [0, 0.1) is 5.82 Å². The monoisotopic (exact) mass is 306 g/mol. The topological polar surface area (TPSA) is 40.6 Å². The molecule has 0 bridgehead atoms. The largest absolute Gasteiger partial charge is 0.294 e. The van der Waals surface area contributed by atoms with Crippen LogP contribution in [0.25, 0.3) is 6.08 Å². The Morgan fingerprint density at radius 2 is 1.90 bits per heavy atom. The van der Waals surface area contributed by atoms with E-state index in [2.05, 4.69) is 4.90 Å². The van der Waals surface area contributed by atoms with Crippen LogP contribution in [-0.4, -0.2) is 40.7 Å². The molecule has 2 saturated heterocycles. The molecule has 0 aromatic heterocycles. The molecule has 21 heavy (non-hydrogen) atoms. The molecular formula is C15H15FN2O2S. The maximum atomic E-state index is 13.6. The summed E-state index contributed by atoms with van der Waals surface area (Å²) >= 11 is 0.874. The normalized spacial score (nSPS) is 21.8. The molecule has 0 radical (unpaired) electrons. The van der Waals surface area contributed by atoms with Gasteiger partial charge in [0.25, 0.3) is 11.1 Å².